The van der Waals surface area contributed by atoms with Gasteiger partial charge in [-0.2, -0.15) is 4.98 Å². The third kappa shape index (κ3) is 3.41. The molecule has 0 saturated carbocycles. The number of carbonyl (C=O) groups excluding carboxylic acids is 1. The van der Waals surface area contributed by atoms with E-state index in [0.717, 1.165) is 0 Å². The summed E-state index contributed by atoms with van der Waals surface area (Å²) in [5.74, 6) is 1.51. The molecule has 0 amide bonds. The molecule has 0 aliphatic carbocycles. The van der Waals surface area contributed by atoms with Gasteiger partial charge in [-0.3, -0.25) is 0 Å². The molecule has 0 spiro atoms. The highest BCUT2D eigenvalue weighted by Gasteiger charge is 2.14. The summed E-state index contributed by atoms with van der Waals surface area (Å²) in [5, 5.41) is 6.87. The number of hydrogen-bond donors (Lipinski definition) is 1. The van der Waals surface area contributed by atoms with E-state index in [9.17, 15) is 4.79 Å². The third-order valence-electron chi connectivity index (χ3n) is 2.61. The minimum atomic E-state index is -0.390. The number of carbonyl (C=O) groups is 1. The minimum Gasteiger partial charge on any atom is -0.465 e. The van der Waals surface area contributed by atoms with Crippen LogP contribution in [-0.2, 0) is 17.7 Å². The number of aryl methyl sites for hydroxylation is 1. The van der Waals surface area contributed by atoms with Gasteiger partial charge in [-0.15, -0.1) is 0 Å². The minimum absolute atomic E-state index is 0.390. The molecule has 0 aliphatic rings. The molecule has 1 N–H and O–H groups in total. The van der Waals surface area contributed by atoms with Crippen LogP contribution in [0.5, 0.6) is 0 Å². The van der Waals surface area contributed by atoms with Crippen molar-refractivity contribution in [1.29, 1.82) is 0 Å². The lowest BCUT2D eigenvalue weighted by Gasteiger charge is -1.99. The quantitative estimate of drug-likeness (QED) is 0.617. The molecule has 0 aliphatic heterocycles. The summed E-state index contributed by atoms with van der Waals surface area (Å²) in [7, 11) is 1.34. The van der Waals surface area contributed by atoms with Crippen molar-refractivity contribution in [3.8, 4) is 0 Å². The summed E-state index contributed by atoms with van der Waals surface area (Å²) in [6.45, 7) is 2.94. The number of rotatable bonds is 6. The Hall–Kier alpha value is -2.15. The van der Waals surface area contributed by atoms with Gasteiger partial charge in [0.25, 0.3) is 0 Å². The van der Waals surface area contributed by atoms with E-state index in [1.165, 1.54) is 13.5 Å². The monoisotopic (exact) mass is 265 g/mol. The van der Waals surface area contributed by atoms with E-state index in [4.69, 9.17) is 4.42 Å². The van der Waals surface area contributed by atoms with Crippen molar-refractivity contribution in [3.05, 3.63) is 35.4 Å². The normalized spacial score (nSPS) is 10.6. The average molecular weight is 265 g/mol. The summed E-state index contributed by atoms with van der Waals surface area (Å²) < 4.78 is 14.7. The van der Waals surface area contributed by atoms with Crippen LogP contribution in [0.4, 0.5) is 0 Å². The molecule has 0 saturated heterocycles. The average Bonchev–Trinajstić information content (AvgIpc) is 3.03. The zero-order valence-electron chi connectivity index (χ0n) is 10.8. The van der Waals surface area contributed by atoms with Gasteiger partial charge >= 0.3 is 5.97 Å². The Morgan fingerprint density at radius 1 is 1.53 bits per heavy atom. The van der Waals surface area contributed by atoms with E-state index in [1.807, 2.05) is 0 Å². The third-order valence-corrected chi connectivity index (χ3v) is 2.61. The fourth-order valence-corrected chi connectivity index (χ4v) is 1.66. The van der Waals surface area contributed by atoms with Gasteiger partial charge in [0.05, 0.1) is 13.7 Å². The number of esters is 1. The topological polar surface area (TPSA) is 90.4 Å². The van der Waals surface area contributed by atoms with Crippen molar-refractivity contribution in [2.45, 2.75) is 19.9 Å². The van der Waals surface area contributed by atoms with Crippen LogP contribution in [0.3, 0.4) is 0 Å². The van der Waals surface area contributed by atoms with Crippen molar-refractivity contribution >= 4 is 5.97 Å². The number of furan rings is 1. The van der Waals surface area contributed by atoms with Gasteiger partial charge in [-0.05, 0) is 13.0 Å². The molecular formula is C12H15N3O4. The molecule has 0 bridgehead atoms. The number of ether oxygens (including phenoxy) is 1. The standard InChI is InChI=1S/C12H15N3O4/c1-8-10(12(16)17-2)5-9(19-8)6-13-4-3-11-14-7-18-15-11/h5,7,13H,3-4,6H2,1-2H3. The van der Waals surface area contributed by atoms with Gasteiger partial charge in [0.15, 0.2) is 5.82 Å². The molecular weight excluding hydrogens is 250 g/mol. The van der Waals surface area contributed by atoms with Gasteiger partial charge < -0.3 is 19.0 Å². The van der Waals surface area contributed by atoms with E-state index >= 15 is 0 Å². The summed E-state index contributed by atoms with van der Waals surface area (Å²) in [6.07, 6.45) is 1.97. The van der Waals surface area contributed by atoms with Gasteiger partial charge in [0.1, 0.15) is 17.1 Å². The van der Waals surface area contributed by atoms with Crippen molar-refractivity contribution < 1.29 is 18.5 Å². The van der Waals surface area contributed by atoms with Gasteiger partial charge in [0.2, 0.25) is 6.39 Å². The summed E-state index contributed by atoms with van der Waals surface area (Å²) in [5.41, 5.74) is 0.456. The van der Waals surface area contributed by atoms with E-state index in [2.05, 4.69) is 24.7 Å². The Morgan fingerprint density at radius 2 is 2.37 bits per heavy atom. The smallest absolute Gasteiger partial charge is 0.341 e. The fraction of sp³-hybridized carbons (Fsp3) is 0.417. The molecule has 0 atom stereocenters. The van der Waals surface area contributed by atoms with E-state index < -0.39 is 0 Å². The van der Waals surface area contributed by atoms with Crippen molar-refractivity contribution in [2.24, 2.45) is 0 Å². The summed E-state index contributed by atoms with van der Waals surface area (Å²) in [6, 6.07) is 1.68. The molecule has 2 aromatic heterocycles. The van der Waals surface area contributed by atoms with E-state index in [0.29, 0.717) is 42.4 Å². The van der Waals surface area contributed by atoms with Crippen molar-refractivity contribution in [1.82, 2.24) is 15.5 Å². The highest BCUT2D eigenvalue weighted by atomic mass is 16.5. The Morgan fingerprint density at radius 3 is 3.05 bits per heavy atom. The Bertz CT molecular complexity index is 533. The maximum absolute atomic E-state index is 11.4. The van der Waals surface area contributed by atoms with Crippen LogP contribution in [0.2, 0.25) is 0 Å². The van der Waals surface area contributed by atoms with Crippen LogP contribution in [0.1, 0.15) is 27.7 Å². The maximum atomic E-state index is 11.4. The maximum Gasteiger partial charge on any atom is 0.341 e. The number of hydrogen-bond acceptors (Lipinski definition) is 7. The fourth-order valence-electron chi connectivity index (χ4n) is 1.66. The first-order valence-corrected chi connectivity index (χ1v) is 5.84. The molecule has 2 rings (SSSR count). The van der Waals surface area contributed by atoms with Gasteiger partial charge in [0, 0.05) is 13.0 Å². The molecule has 2 aromatic rings. The van der Waals surface area contributed by atoms with Crippen LogP contribution in [0.25, 0.3) is 0 Å². The number of aromatic nitrogens is 2. The Kier molecular flexibility index (Phi) is 4.30. The molecule has 0 unspecified atom stereocenters. The Labute approximate surface area is 109 Å². The van der Waals surface area contributed by atoms with Crippen molar-refractivity contribution in [2.75, 3.05) is 13.7 Å². The predicted molar refractivity (Wildman–Crippen MR) is 64.5 cm³/mol. The lowest BCUT2D eigenvalue weighted by Crippen LogP contribution is -2.16. The predicted octanol–water partition coefficient (Wildman–Crippen LogP) is 1.09. The summed E-state index contributed by atoms with van der Waals surface area (Å²) in [4.78, 5) is 15.3. The lowest BCUT2D eigenvalue weighted by atomic mass is 10.2. The molecule has 2 heterocycles. The largest absolute Gasteiger partial charge is 0.465 e. The van der Waals surface area contributed by atoms with Gasteiger partial charge in [-0.1, -0.05) is 5.16 Å². The second-order valence-electron chi connectivity index (χ2n) is 3.95. The molecule has 7 heteroatoms. The zero-order valence-corrected chi connectivity index (χ0v) is 10.8. The second kappa shape index (κ2) is 6.14. The van der Waals surface area contributed by atoms with E-state index in [-0.39, 0.29) is 5.97 Å². The molecule has 0 fully saturated rings. The SMILES string of the molecule is COC(=O)c1cc(CNCCc2ncon2)oc1C. The Balaban J connectivity index is 1.81. The summed E-state index contributed by atoms with van der Waals surface area (Å²) >= 11 is 0. The van der Waals surface area contributed by atoms with Crippen LogP contribution in [-0.4, -0.2) is 29.8 Å². The van der Waals surface area contributed by atoms with Crippen LogP contribution < -0.4 is 5.32 Å². The first-order chi connectivity index (χ1) is 9.20. The first kappa shape index (κ1) is 13.3. The molecule has 7 nitrogen and oxygen atoms in total. The van der Waals surface area contributed by atoms with Crippen molar-refractivity contribution in [3.63, 3.8) is 0 Å². The molecule has 0 aromatic carbocycles. The van der Waals surface area contributed by atoms with Crippen LogP contribution in [0.15, 0.2) is 21.4 Å². The zero-order chi connectivity index (χ0) is 13.7. The first-order valence-electron chi connectivity index (χ1n) is 5.84. The highest BCUT2D eigenvalue weighted by molar-refractivity contribution is 5.90. The van der Waals surface area contributed by atoms with E-state index in [1.54, 1.807) is 13.0 Å². The van der Waals surface area contributed by atoms with Crippen LogP contribution >= 0.6 is 0 Å². The van der Waals surface area contributed by atoms with Crippen LogP contribution in [0, 0.1) is 6.92 Å². The lowest BCUT2D eigenvalue weighted by molar-refractivity contribution is 0.0599. The second-order valence-corrected chi connectivity index (χ2v) is 3.95. The number of methoxy groups -OCH3 is 1. The number of nitrogens with one attached hydrogen (secondary N) is 1. The highest BCUT2D eigenvalue weighted by Crippen LogP contribution is 2.15. The van der Waals surface area contributed by atoms with Gasteiger partial charge in [-0.25, -0.2) is 4.79 Å². The number of nitrogens with zero attached hydrogens (tertiary/aromatic N) is 2. The molecule has 0 radical (unpaired) electrons. The molecule has 102 valence electrons. The molecule has 19 heavy (non-hydrogen) atoms.